The third-order valence-electron chi connectivity index (χ3n) is 1.88. The largest absolute Gasteiger partial charge is 0.574 e. The van der Waals surface area contributed by atoms with Crippen LogP contribution < -0.4 is 9.47 Å². The van der Waals surface area contributed by atoms with Gasteiger partial charge in [-0.1, -0.05) is 0 Å². The summed E-state index contributed by atoms with van der Waals surface area (Å²) in [5.41, 5.74) is -3.04. The van der Waals surface area contributed by atoms with Crippen molar-refractivity contribution in [3.05, 3.63) is 17.3 Å². The monoisotopic (exact) mass is 305 g/mol. The van der Waals surface area contributed by atoms with Crippen LogP contribution in [0.5, 0.6) is 11.6 Å². The Labute approximate surface area is 106 Å². The summed E-state index contributed by atoms with van der Waals surface area (Å²) in [4.78, 5) is 13.3. The number of carboxylic acids is 1. The predicted octanol–water partition coefficient (Wildman–Crippen LogP) is 2.71. The highest BCUT2D eigenvalue weighted by Crippen LogP contribution is 2.38. The number of hydrogen-bond acceptors (Lipinski definition) is 4. The molecule has 0 aliphatic carbocycles. The zero-order chi connectivity index (χ0) is 15.7. The maximum Gasteiger partial charge on any atom is 0.574 e. The number of aromatic nitrogens is 1. The van der Waals surface area contributed by atoms with E-state index in [1.54, 1.807) is 0 Å². The van der Waals surface area contributed by atoms with Gasteiger partial charge in [0.15, 0.2) is 11.4 Å². The molecular weight excluding hydrogens is 300 g/mol. The van der Waals surface area contributed by atoms with Crippen LogP contribution in [0.3, 0.4) is 0 Å². The van der Waals surface area contributed by atoms with Gasteiger partial charge < -0.3 is 14.6 Å². The molecule has 0 amide bonds. The maximum atomic E-state index is 12.6. The normalized spacial score (nSPS) is 12.2. The van der Waals surface area contributed by atoms with Gasteiger partial charge in [-0.25, -0.2) is 9.78 Å². The van der Waals surface area contributed by atoms with E-state index in [0.717, 1.165) is 7.11 Å². The second-order valence-corrected chi connectivity index (χ2v) is 3.24. The summed E-state index contributed by atoms with van der Waals surface area (Å²) in [5.74, 6) is -4.72. The summed E-state index contributed by atoms with van der Waals surface area (Å²) < 4.78 is 81.2. The van der Waals surface area contributed by atoms with Gasteiger partial charge in [0, 0.05) is 6.07 Å². The molecule has 5 nitrogen and oxygen atoms in total. The van der Waals surface area contributed by atoms with Crippen molar-refractivity contribution >= 4 is 5.97 Å². The number of alkyl halides is 6. The minimum Gasteiger partial charge on any atom is -0.494 e. The molecule has 0 unspecified atom stereocenters. The van der Waals surface area contributed by atoms with Crippen LogP contribution in [0.1, 0.15) is 16.1 Å². The minimum absolute atomic E-state index is 0.249. The molecule has 0 aromatic carbocycles. The van der Waals surface area contributed by atoms with E-state index >= 15 is 0 Å². The molecule has 0 aliphatic heterocycles. The predicted molar refractivity (Wildman–Crippen MR) is 49.4 cm³/mol. The number of ether oxygens (including phenoxy) is 2. The lowest BCUT2D eigenvalue weighted by Gasteiger charge is -2.15. The SMILES string of the molecule is COc1cc(C(=O)O)c(OC(F)(F)F)nc1C(F)(F)F. The number of pyridine rings is 1. The van der Waals surface area contributed by atoms with E-state index < -0.39 is 41.4 Å². The van der Waals surface area contributed by atoms with E-state index in [4.69, 9.17) is 5.11 Å². The van der Waals surface area contributed by atoms with Crippen molar-refractivity contribution in [1.29, 1.82) is 0 Å². The summed E-state index contributed by atoms with van der Waals surface area (Å²) in [5, 5.41) is 8.65. The molecule has 112 valence electrons. The molecule has 1 aromatic rings. The summed E-state index contributed by atoms with van der Waals surface area (Å²) in [7, 11) is 0.780. The number of methoxy groups -OCH3 is 1. The first-order valence-corrected chi connectivity index (χ1v) is 4.61. The minimum atomic E-state index is -5.39. The number of halogens is 6. The fourth-order valence-corrected chi connectivity index (χ4v) is 1.18. The van der Waals surface area contributed by atoms with Gasteiger partial charge in [-0.2, -0.15) is 13.2 Å². The van der Waals surface area contributed by atoms with Crippen LogP contribution in [-0.4, -0.2) is 29.5 Å². The molecule has 0 bridgehead atoms. The quantitative estimate of drug-likeness (QED) is 0.870. The van der Waals surface area contributed by atoms with Gasteiger partial charge in [0.2, 0.25) is 5.88 Å². The molecule has 1 rings (SSSR count). The van der Waals surface area contributed by atoms with Crippen molar-refractivity contribution in [3.63, 3.8) is 0 Å². The molecule has 0 radical (unpaired) electrons. The molecule has 1 aromatic heterocycles. The lowest BCUT2D eigenvalue weighted by atomic mass is 10.2. The van der Waals surface area contributed by atoms with E-state index in [0.29, 0.717) is 0 Å². The number of carbonyl (C=O) groups is 1. The summed E-state index contributed by atoms with van der Waals surface area (Å²) in [6.45, 7) is 0. The van der Waals surface area contributed by atoms with Crippen LogP contribution in [0.15, 0.2) is 6.07 Å². The Morgan fingerprint density at radius 1 is 1.25 bits per heavy atom. The average molecular weight is 305 g/mol. The highest BCUT2D eigenvalue weighted by molar-refractivity contribution is 5.90. The van der Waals surface area contributed by atoms with Gasteiger partial charge in [-0.15, -0.1) is 13.2 Å². The molecule has 1 heterocycles. The maximum absolute atomic E-state index is 12.6. The summed E-state index contributed by atoms with van der Waals surface area (Å²) in [6, 6.07) is 0.249. The first kappa shape index (κ1) is 15.9. The van der Waals surface area contributed by atoms with E-state index in [2.05, 4.69) is 14.5 Å². The molecule has 0 saturated carbocycles. The molecule has 0 aliphatic rings. The average Bonchev–Trinajstić information content (AvgIpc) is 2.24. The summed E-state index contributed by atoms with van der Waals surface area (Å²) in [6.07, 6.45) is -10.5. The van der Waals surface area contributed by atoms with E-state index in [1.807, 2.05) is 0 Å². The van der Waals surface area contributed by atoms with Crippen molar-refractivity contribution in [2.75, 3.05) is 7.11 Å². The molecule has 11 heteroatoms. The van der Waals surface area contributed by atoms with Crippen molar-refractivity contribution in [1.82, 2.24) is 4.98 Å². The first-order valence-electron chi connectivity index (χ1n) is 4.61. The second-order valence-electron chi connectivity index (χ2n) is 3.24. The fraction of sp³-hybridized carbons (Fsp3) is 0.333. The van der Waals surface area contributed by atoms with Gasteiger partial charge in [-0.3, -0.25) is 0 Å². The van der Waals surface area contributed by atoms with E-state index in [-0.39, 0.29) is 6.07 Å². The van der Waals surface area contributed by atoms with Crippen LogP contribution in [0.2, 0.25) is 0 Å². The molecule has 0 fully saturated rings. The van der Waals surface area contributed by atoms with Gasteiger partial charge in [0.05, 0.1) is 7.11 Å². The van der Waals surface area contributed by atoms with Gasteiger partial charge >= 0.3 is 18.5 Å². The van der Waals surface area contributed by atoms with Gasteiger partial charge in [-0.05, 0) is 0 Å². The molecule has 1 N–H and O–H groups in total. The Hall–Kier alpha value is -2.20. The topological polar surface area (TPSA) is 68.7 Å². The number of carboxylic acid groups (broad SMARTS) is 1. The Kier molecular flexibility index (Phi) is 4.01. The molecule has 20 heavy (non-hydrogen) atoms. The van der Waals surface area contributed by atoms with Crippen molar-refractivity contribution in [2.45, 2.75) is 12.5 Å². The molecule has 0 saturated heterocycles. The number of aromatic carboxylic acids is 1. The van der Waals surface area contributed by atoms with E-state index in [9.17, 15) is 31.1 Å². The highest BCUT2D eigenvalue weighted by Gasteiger charge is 2.40. The standard InChI is InChI=1S/C9H5F6NO4/c1-19-4-2-3(7(17)18)6(20-9(13,14)15)16-5(4)8(10,11)12/h2H,1H3,(H,17,18). The van der Waals surface area contributed by atoms with Crippen molar-refractivity contribution in [3.8, 4) is 11.6 Å². The third kappa shape index (κ3) is 3.65. The van der Waals surface area contributed by atoms with E-state index in [1.165, 1.54) is 0 Å². The van der Waals surface area contributed by atoms with Gasteiger partial charge in [0.25, 0.3) is 0 Å². The zero-order valence-electron chi connectivity index (χ0n) is 9.46. The molecule has 0 atom stereocenters. The van der Waals surface area contributed by atoms with Gasteiger partial charge in [0.1, 0.15) is 5.56 Å². The Morgan fingerprint density at radius 2 is 1.80 bits per heavy atom. The fourth-order valence-electron chi connectivity index (χ4n) is 1.18. The first-order chi connectivity index (χ1) is 8.95. The van der Waals surface area contributed by atoms with Crippen LogP contribution in [-0.2, 0) is 6.18 Å². The third-order valence-corrected chi connectivity index (χ3v) is 1.88. The summed E-state index contributed by atoms with van der Waals surface area (Å²) >= 11 is 0. The Morgan fingerprint density at radius 3 is 2.15 bits per heavy atom. The molecular formula is C9H5F6NO4. The van der Waals surface area contributed by atoms with Crippen LogP contribution in [0, 0.1) is 0 Å². The Balaban J connectivity index is 3.51. The lowest BCUT2D eigenvalue weighted by Crippen LogP contribution is -2.22. The Bertz CT molecular complexity index is 524. The van der Waals surface area contributed by atoms with Crippen molar-refractivity contribution < 1.29 is 45.7 Å². The number of hydrogen-bond donors (Lipinski definition) is 1. The van der Waals surface area contributed by atoms with Crippen molar-refractivity contribution in [2.24, 2.45) is 0 Å². The molecule has 0 spiro atoms. The smallest absolute Gasteiger partial charge is 0.494 e. The van der Waals surface area contributed by atoms with Crippen LogP contribution in [0.4, 0.5) is 26.3 Å². The zero-order valence-corrected chi connectivity index (χ0v) is 9.46. The highest BCUT2D eigenvalue weighted by atomic mass is 19.4. The number of rotatable bonds is 3. The second kappa shape index (κ2) is 5.06. The van der Waals surface area contributed by atoms with Crippen LogP contribution in [0.25, 0.3) is 0 Å². The lowest BCUT2D eigenvalue weighted by molar-refractivity contribution is -0.276. The number of nitrogens with zero attached hydrogens (tertiary/aromatic N) is 1. The van der Waals surface area contributed by atoms with Crippen LogP contribution >= 0.6 is 0 Å².